The van der Waals surface area contributed by atoms with E-state index in [-0.39, 0.29) is 29.9 Å². The molecule has 0 radical (unpaired) electrons. The van der Waals surface area contributed by atoms with Crippen molar-refractivity contribution in [2.24, 2.45) is 5.92 Å². The Morgan fingerprint density at radius 1 is 1.30 bits per heavy atom. The molecule has 2 aliphatic rings. The standard InChI is InChI=1S/C22H28N4O6S/c1-15-21(19(32-24-15)8-10-25(2)3)33(28,29)26-9-4-5-17(13-26)22(27)23-12-16-6-7-18-20(11-16)31-14-30-18/h6-8,10-11,17H,4-5,9,12-14H2,1-3H3,(H,23,27). The number of aromatic nitrogens is 1. The van der Waals surface area contributed by atoms with Gasteiger partial charge in [0.25, 0.3) is 0 Å². The number of amides is 1. The number of ether oxygens (including phenoxy) is 2. The predicted molar refractivity (Wildman–Crippen MR) is 120 cm³/mol. The van der Waals surface area contributed by atoms with E-state index in [4.69, 9.17) is 14.0 Å². The van der Waals surface area contributed by atoms with E-state index in [0.717, 1.165) is 5.56 Å². The Hall–Kier alpha value is -3.05. The third-order valence-electron chi connectivity index (χ3n) is 5.61. The summed E-state index contributed by atoms with van der Waals surface area (Å²) in [6.45, 7) is 2.56. The predicted octanol–water partition coefficient (Wildman–Crippen LogP) is 1.96. The summed E-state index contributed by atoms with van der Waals surface area (Å²) in [6.07, 6.45) is 4.48. The number of fused-ring (bicyclic) bond motifs is 1. The van der Waals surface area contributed by atoms with Gasteiger partial charge in [-0.3, -0.25) is 4.79 Å². The number of rotatable bonds is 7. The van der Waals surface area contributed by atoms with Crippen molar-refractivity contribution in [1.29, 1.82) is 0 Å². The maximum atomic E-state index is 13.4. The second kappa shape index (κ2) is 9.44. The molecule has 1 amide bonds. The number of carbonyl (C=O) groups excluding carboxylic acids is 1. The minimum absolute atomic E-state index is 0.0435. The zero-order chi connectivity index (χ0) is 23.6. The zero-order valence-electron chi connectivity index (χ0n) is 18.9. The van der Waals surface area contributed by atoms with Gasteiger partial charge in [0, 0.05) is 46.0 Å². The fourth-order valence-corrected chi connectivity index (χ4v) is 5.68. The monoisotopic (exact) mass is 476 g/mol. The number of hydrogen-bond donors (Lipinski definition) is 1. The quantitative estimate of drug-likeness (QED) is 0.645. The van der Waals surface area contributed by atoms with Gasteiger partial charge in [0.2, 0.25) is 22.7 Å². The van der Waals surface area contributed by atoms with Crippen molar-refractivity contribution in [2.45, 2.75) is 31.2 Å². The number of sulfonamides is 1. The molecule has 1 aromatic heterocycles. The van der Waals surface area contributed by atoms with Crippen LogP contribution in [0.15, 0.2) is 33.8 Å². The van der Waals surface area contributed by atoms with Gasteiger partial charge in [0.15, 0.2) is 22.2 Å². The fourth-order valence-electron chi connectivity index (χ4n) is 3.90. The van der Waals surface area contributed by atoms with E-state index in [0.29, 0.717) is 43.1 Å². The summed E-state index contributed by atoms with van der Waals surface area (Å²) in [5.74, 6) is 0.892. The summed E-state index contributed by atoms with van der Waals surface area (Å²) in [5, 5.41) is 6.77. The SMILES string of the molecule is Cc1noc(C=CN(C)C)c1S(=O)(=O)N1CCCC(C(=O)NCc2ccc3c(c2)OCO3)C1. The van der Waals surface area contributed by atoms with Crippen LogP contribution in [0.3, 0.4) is 0 Å². The van der Waals surface area contributed by atoms with Gasteiger partial charge < -0.3 is 24.2 Å². The zero-order valence-corrected chi connectivity index (χ0v) is 19.7. The van der Waals surface area contributed by atoms with Crippen molar-refractivity contribution >= 4 is 22.0 Å². The minimum Gasteiger partial charge on any atom is -0.454 e. The Bertz CT molecular complexity index is 1160. The van der Waals surface area contributed by atoms with Crippen molar-refractivity contribution in [3.8, 4) is 11.5 Å². The second-order valence-electron chi connectivity index (χ2n) is 8.35. The van der Waals surface area contributed by atoms with Crippen molar-refractivity contribution in [1.82, 2.24) is 19.7 Å². The minimum atomic E-state index is -3.87. The highest BCUT2D eigenvalue weighted by atomic mass is 32.2. The molecule has 2 aliphatic heterocycles. The Morgan fingerprint density at radius 3 is 2.88 bits per heavy atom. The number of nitrogens with one attached hydrogen (secondary N) is 1. The molecular weight excluding hydrogens is 448 g/mol. The first-order valence-electron chi connectivity index (χ1n) is 10.7. The average Bonchev–Trinajstić information content (AvgIpc) is 3.42. The molecule has 4 rings (SSSR count). The lowest BCUT2D eigenvalue weighted by atomic mass is 9.98. The van der Waals surface area contributed by atoms with Crippen LogP contribution in [-0.4, -0.2) is 62.7 Å². The number of carbonyl (C=O) groups is 1. The topological polar surface area (TPSA) is 114 Å². The lowest BCUT2D eigenvalue weighted by Gasteiger charge is -2.31. The largest absolute Gasteiger partial charge is 0.454 e. The van der Waals surface area contributed by atoms with Crippen LogP contribution in [0.1, 0.15) is 29.9 Å². The van der Waals surface area contributed by atoms with Gasteiger partial charge in [-0.1, -0.05) is 11.2 Å². The molecular formula is C22H28N4O6S. The Morgan fingerprint density at radius 2 is 2.09 bits per heavy atom. The molecule has 178 valence electrons. The van der Waals surface area contributed by atoms with Crippen LogP contribution in [-0.2, 0) is 21.4 Å². The van der Waals surface area contributed by atoms with Crippen molar-refractivity contribution in [3.05, 3.63) is 41.4 Å². The maximum absolute atomic E-state index is 13.4. The van der Waals surface area contributed by atoms with Crippen LogP contribution in [0.4, 0.5) is 0 Å². The van der Waals surface area contributed by atoms with Crippen molar-refractivity contribution in [2.75, 3.05) is 34.0 Å². The van der Waals surface area contributed by atoms with Crippen LogP contribution in [0.2, 0.25) is 0 Å². The molecule has 33 heavy (non-hydrogen) atoms. The Kier molecular flexibility index (Phi) is 6.61. The molecule has 0 saturated carbocycles. The highest BCUT2D eigenvalue weighted by Gasteiger charge is 2.36. The molecule has 11 heteroatoms. The van der Waals surface area contributed by atoms with E-state index >= 15 is 0 Å². The van der Waals surface area contributed by atoms with Crippen LogP contribution in [0.25, 0.3) is 6.08 Å². The summed E-state index contributed by atoms with van der Waals surface area (Å²) in [4.78, 5) is 14.7. The molecule has 1 aromatic carbocycles. The van der Waals surface area contributed by atoms with Crippen LogP contribution >= 0.6 is 0 Å². The normalized spacial score (nSPS) is 18.6. The number of piperidine rings is 1. The van der Waals surface area contributed by atoms with Crippen LogP contribution < -0.4 is 14.8 Å². The summed E-state index contributed by atoms with van der Waals surface area (Å²) >= 11 is 0. The first-order chi connectivity index (χ1) is 15.8. The summed E-state index contributed by atoms with van der Waals surface area (Å²) in [7, 11) is -0.222. The Balaban J connectivity index is 1.43. The van der Waals surface area contributed by atoms with Gasteiger partial charge in [-0.15, -0.1) is 0 Å². The molecule has 2 aromatic rings. The highest BCUT2D eigenvalue weighted by molar-refractivity contribution is 7.89. The number of aryl methyl sites for hydroxylation is 1. The van der Waals surface area contributed by atoms with Crippen molar-refractivity contribution in [3.63, 3.8) is 0 Å². The molecule has 10 nitrogen and oxygen atoms in total. The van der Waals surface area contributed by atoms with Gasteiger partial charge >= 0.3 is 0 Å². The fraction of sp³-hybridized carbons (Fsp3) is 0.455. The first kappa shape index (κ1) is 23.1. The van der Waals surface area contributed by atoms with Crippen molar-refractivity contribution < 1.29 is 27.2 Å². The molecule has 0 bridgehead atoms. The van der Waals surface area contributed by atoms with E-state index in [9.17, 15) is 13.2 Å². The third-order valence-corrected chi connectivity index (χ3v) is 7.64. The lowest BCUT2D eigenvalue weighted by Crippen LogP contribution is -2.45. The number of benzene rings is 1. The van der Waals surface area contributed by atoms with Gasteiger partial charge in [0.05, 0.1) is 5.92 Å². The maximum Gasteiger partial charge on any atom is 0.248 e. The molecule has 1 atom stereocenters. The molecule has 0 spiro atoms. The van der Waals surface area contributed by atoms with E-state index in [1.165, 1.54) is 4.31 Å². The van der Waals surface area contributed by atoms with Crippen LogP contribution in [0, 0.1) is 12.8 Å². The summed E-state index contributed by atoms with van der Waals surface area (Å²) in [6, 6.07) is 5.50. The number of hydrogen-bond acceptors (Lipinski definition) is 8. The molecule has 1 unspecified atom stereocenters. The van der Waals surface area contributed by atoms with E-state index in [1.807, 2.05) is 32.3 Å². The van der Waals surface area contributed by atoms with Gasteiger partial charge in [-0.05, 0) is 37.5 Å². The molecule has 1 N–H and O–H groups in total. The highest BCUT2D eigenvalue weighted by Crippen LogP contribution is 2.33. The molecule has 1 saturated heterocycles. The summed E-state index contributed by atoms with van der Waals surface area (Å²) in [5.41, 5.74) is 1.17. The summed E-state index contributed by atoms with van der Waals surface area (Å²) < 4.78 is 44.1. The Labute approximate surface area is 193 Å². The van der Waals surface area contributed by atoms with Gasteiger partial charge in [-0.25, -0.2) is 8.42 Å². The average molecular weight is 477 g/mol. The van der Waals surface area contributed by atoms with E-state index < -0.39 is 15.9 Å². The van der Waals surface area contributed by atoms with Gasteiger partial charge in [-0.2, -0.15) is 4.31 Å². The van der Waals surface area contributed by atoms with E-state index in [1.54, 1.807) is 24.1 Å². The van der Waals surface area contributed by atoms with Crippen LogP contribution in [0.5, 0.6) is 11.5 Å². The first-order valence-corrected chi connectivity index (χ1v) is 12.2. The van der Waals surface area contributed by atoms with E-state index in [2.05, 4.69) is 10.5 Å². The lowest BCUT2D eigenvalue weighted by molar-refractivity contribution is -0.126. The molecule has 1 fully saturated rings. The van der Waals surface area contributed by atoms with Gasteiger partial charge in [0.1, 0.15) is 5.69 Å². The molecule has 3 heterocycles. The third kappa shape index (κ3) is 4.98. The molecule has 0 aliphatic carbocycles. The second-order valence-corrected chi connectivity index (χ2v) is 10.2. The smallest absolute Gasteiger partial charge is 0.248 e. The number of nitrogens with zero attached hydrogens (tertiary/aromatic N) is 3.